The number of rotatable bonds is 6. The van der Waals surface area contributed by atoms with E-state index >= 15 is 0 Å². The number of carbonyl (C=O) groups excluding carboxylic acids is 1. The topological polar surface area (TPSA) is 82.7 Å². The summed E-state index contributed by atoms with van der Waals surface area (Å²) in [5.74, 6) is 0.838. The van der Waals surface area contributed by atoms with Gasteiger partial charge in [-0.15, -0.1) is 0 Å². The largest absolute Gasteiger partial charge is 0.492 e. The van der Waals surface area contributed by atoms with E-state index in [9.17, 15) is 4.79 Å². The Labute approximate surface area is 174 Å². The van der Waals surface area contributed by atoms with Gasteiger partial charge >= 0.3 is 6.09 Å². The molecule has 1 amide bonds. The molecule has 5 rings (SSSR count). The second kappa shape index (κ2) is 8.33. The van der Waals surface area contributed by atoms with Crippen molar-refractivity contribution >= 4 is 22.8 Å². The molecule has 1 atom stereocenters. The van der Waals surface area contributed by atoms with Crippen LogP contribution in [0.3, 0.4) is 0 Å². The lowest BCUT2D eigenvalue weighted by molar-refractivity contribution is 0.179. The zero-order valence-corrected chi connectivity index (χ0v) is 16.7. The first-order valence-electron chi connectivity index (χ1n) is 10.3. The van der Waals surface area contributed by atoms with E-state index in [0.29, 0.717) is 13.2 Å². The Morgan fingerprint density at radius 3 is 2.80 bits per heavy atom. The monoisotopic (exact) mass is 407 g/mol. The molecule has 2 aliphatic heterocycles. The summed E-state index contributed by atoms with van der Waals surface area (Å²) < 4.78 is 11.3. The fraction of sp³-hybridized carbons (Fsp3) is 0.364. The van der Waals surface area contributed by atoms with Crippen LogP contribution in [0.1, 0.15) is 11.6 Å². The molecule has 0 saturated carbocycles. The molecule has 3 heterocycles. The highest BCUT2D eigenvalue weighted by atomic mass is 16.6. The molecule has 0 spiro atoms. The number of H-pyrrole nitrogens is 1. The van der Waals surface area contributed by atoms with Crippen molar-refractivity contribution in [1.29, 1.82) is 0 Å². The third-order valence-electron chi connectivity index (χ3n) is 5.71. The average molecular weight is 407 g/mol. The molecule has 8 heteroatoms. The molecule has 3 aromatic rings. The summed E-state index contributed by atoms with van der Waals surface area (Å²) in [6, 6.07) is 13.5. The number of nitrogens with one attached hydrogen (secondary N) is 2. The van der Waals surface area contributed by atoms with Crippen molar-refractivity contribution in [3.05, 3.63) is 54.4 Å². The summed E-state index contributed by atoms with van der Waals surface area (Å²) in [5, 5.41) is 3.36. The van der Waals surface area contributed by atoms with E-state index in [1.807, 2.05) is 42.5 Å². The van der Waals surface area contributed by atoms with Gasteiger partial charge in [-0.05, 0) is 35.9 Å². The molecule has 0 aliphatic carbocycles. The second-order valence-electron chi connectivity index (χ2n) is 7.58. The van der Waals surface area contributed by atoms with E-state index in [4.69, 9.17) is 9.47 Å². The van der Waals surface area contributed by atoms with Gasteiger partial charge in [-0.3, -0.25) is 9.80 Å². The summed E-state index contributed by atoms with van der Waals surface area (Å²) in [6.45, 7) is 6.14. The highest BCUT2D eigenvalue weighted by Crippen LogP contribution is 2.34. The van der Waals surface area contributed by atoms with E-state index in [0.717, 1.165) is 60.8 Å². The quantitative estimate of drug-likeness (QED) is 0.654. The van der Waals surface area contributed by atoms with Gasteiger partial charge in [0.25, 0.3) is 0 Å². The number of nitrogens with zero attached hydrogens (tertiary/aromatic N) is 3. The summed E-state index contributed by atoms with van der Waals surface area (Å²) in [4.78, 5) is 23.9. The number of cyclic esters (lactones) is 1. The minimum atomic E-state index is -0.338. The number of hydrogen-bond acceptors (Lipinski definition) is 6. The zero-order chi connectivity index (χ0) is 20.3. The van der Waals surface area contributed by atoms with Gasteiger partial charge in [-0.25, -0.2) is 9.78 Å². The fourth-order valence-corrected chi connectivity index (χ4v) is 4.04. The van der Waals surface area contributed by atoms with E-state index in [1.165, 1.54) is 0 Å². The number of anilines is 1. The van der Waals surface area contributed by atoms with E-state index in [2.05, 4.69) is 20.2 Å². The van der Waals surface area contributed by atoms with Crippen LogP contribution in [0.25, 0.3) is 11.0 Å². The van der Waals surface area contributed by atoms with Crippen molar-refractivity contribution in [2.24, 2.45) is 0 Å². The second-order valence-corrected chi connectivity index (χ2v) is 7.58. The van der Waals surface area contributed by atoms with E-state index in [-0.39, 0.29) is 12.1 Å². The molecule has 2 aromatic carbocycles. The number of ether oxygens (including phenoxy) is 2. The molecule has 8 nitrogen and oxygen atoms in total. The summed E-state index contributed by atoms with van der Waals surface area (Å²) in [6.07, 6.45) is 1.31. The maximum Gasteiger partial charge on any atom is 0.415 e. The highest BCUT2D eigenvalue weighted by molar-refractivity contribution is 5.93. The number of piperazine rings is 1. The van der Waals surface area contributed by atoms with Crippen LogP contribution in [-0.4, -0.2) is 66.9 Å². The number of fused-ring (bicyclic) bond motifs is 1. The lowest BCUT2D eigenvalue weighted by atomic mass is 10.1. The third-order valence-corrected chi connectivity index (χ3v) is 5.71. The van der Waals surface area contributed by atoms with Gasteiger partial charge < -0.3 is 19.8 Å². The number of hydrogen-bond donors (Lipinski definition) is 2. The van der Waals surface area contributed by atoms with Gasteiger partial charge in [-0.2, -0.15) is 0 Å². The van der Waals surface area contributed by atoms with Gasteiger partial charge in [0.2, 0.25) is 0 Å². The Hall–Kier alpha value is -3.10. The number of amides is 1. The van der Waals surface area contributed by atoms with Gasteiger partial charge in [0.15, 0.2) is 0 Å². The Balaban J connectivity index is 1.26. The number of aromatic amines is 1. The predicted molar refractivity (Wildman–Crippen MR) is 114 cm³/mol. The van der Waals surface area contributed by atoms with E-state index < -0.39 is 0 Å². The molecule has 2 fully saturated rings. The molecule has 0 radical (unpaired) electrons. The number of benzene rings is 2. The summed E-state index contributed by atoms with van der Waals surface area (Å²) in [7, 11) is 0. The number of aromatic nitrogens is 2. The van der Waals surface area contributed by atoms with Crippen LogP contribution in [-0.2, 0) is 4.74 Å². The first-order chi connectivity index (χ1) is 14.8. The first-order valence-corrected chi connectivity index (χ1v) is 10.3. The maximum atomic E-state index is 12.4. The Morgan fingerprint density at radius 1 is 1.13 bits per heavy atom. The number of carbonyl (C=O) groups is 1. The van der Waals surface area contributed by atoms with Crippen molar-refractivity contribution in [1.82, 2.24) is 20.2 Å². The molecule has 0 bridgehead atoms. The minimum Gasteiger partial charge on any atom is -0.492 e. The van der Waals surface area contributed by atoms with Crippen molar-refractivity contribution in [3.63, 3.8) is 0 Å². The van der Waals surface area contributed by atoms with Crippen LogP contribution in [0, 0.1) is 0 Å². The molecule has 0 unspecified atom stereocenters. The van der Waals surface area contributed by atoms with Crippen LogP contribution in [0.5, 0.6) is 5.75 Å². The molecule has 156 valence electrons. The van der Waals surface area contributed by atoms with Crippen molar-refractivity contribution in [2.45, 2.75) is 6.04 Å². The minimum absolute atomic E-state index is 0.173. The smallest absolute Gasteiger partial charge is 0.415 e. The average Bonchev–Trinajstić information content (AvgIpc) is 3.41. The molecule has 2 N–H and O–H groups in total. The van der Waals surface area contributed by atoms with Gasteiger partial charge in [-0.1, -0.05) is 12.1 Å². The van der Waals surface area contributed by atoms with Crippen molar-refractivity contribution in [3.8, 4) is 5.75 Å². The Morgan fingerprint density at radius 2 is 1.97 bits per heavy atom. The van der Waals surface area contributed by atoms with Gasteiger partial charge in [0.05, 0.1) is 29.1 Å². The van der Waals surface area contributed by atoms with Gasteiger partial charge in [0, 0.05) is 32.7 Å². The van der Waals surface area contributed by atoms with Crippen molar-refractivity contribution < 1.29 is 14.3 Å². The molecule has 30 heavy (non-hydrogen) atoms. The Bertz CT molecular complexity index is 1010. The standard InChI is InChI=1S/C22H25N5O3/c28-22-27(17-3-6-19-20(13-17)25-15-24-19)21(14-30-22)16-1-4-18(5-2-16)29-12-11-26-9-7-23-8-10-26/h1-6,13,15,21,23H,7-12,14H2,(H,24,25)/t21-/m1/s1. The predicted octanol–water partition coefficient (Wildman–Crippen LogP) is 2.54. The number of imidazole rings is 1. The van der Waals surface area contributed by atoms with Gasteiger partial charge in [0.1, 0.15) is 19.0 Å². The maximum absolute atomic E-state index is 12.4. The molecular formula is C22H25N5O3. The summed E-state index contributed by atoms with van der Waals surface area (Å²) in [5.41, 5.74) is 3.56. The zero-order valence-electron chi connectivity index (χ0n) is 16.7. The van der Waals surface area contributed by atoms with Crippen molar-refractivity contribution in [2.75, 3.05) is 50.8 Å². The van der Waals surface area contributed by atoms with Crippen LogP contribution in [0.15, 0.2) is 48.8 Å². The Kier molecular flexibility index (Phi) is 5.25. The molecular weight excluding hydrogens is 382 g/mol. The fourth-order valence-electron chi connectivity index (χ4n) is 4.04. The van der Waals surface area contributed by atoms with Crippen LogP contribution >= 0.6 is 0 Å². The molecule has 1 aromatic heterocycles. The normalized spacial score (nSPS) is 19.9. The van der Waals surface area contributed by atoms with Crippen LogP contribution in [0.2, 0.25) is 0 Å². The third kappa shape index (κ3) is 3.83. The SMILES string of the molecule is O=C1OC[C@H](c2ccc(OCCN3CCNCC3)cc2)N1c1ccc2nc[nH]c2c1. The lowest BCUT2D eigenvalue weighted by Gasteiger charge is -2.27. The molecule has 2 saturated heterocycles. The highest BCUT2D eigenvalue weighted by Gasteiger charge is 2.35. The molecule has 2 aliphatic rings. The van der Waals surface area contributed by atoms with Crippen LogP contribution < -0.4 is 15.0 Å². The first kappa shape index (κ1) is 18.9. The summed E-state index contributed by atoms with van der Waals surface area (Å²) >= 11 is 0. The van der Waals surface area contributed by atoms with Crippen LogP contribution in [0.4, 0.5) is 10.5 Å². The van der Waals surface area contributed by atoms with E-state index in [1.54, 1.807) is 11.2 Å². The lowest BCUT2D eigenvalue weighted by Crippen LogP contribution is -2.44.